The van der Waals surface area contributed by atoms with E-state index in [0.717, 1.165) is 9.13 Å². The molecule has 1 aromatic heterocycles. The minimum absolute atomic E-state index is 0.0453. The van der Waals surface area contributed by atoms with Gasteiger partial charge in [0.2, 0.25) is 0 Å². The van der Waals surface area contributed by atoms with Crippen LogP contribution in [0.3, 0.4) is 0 Å². The summed E-state index contributed by atoms with van der Waals surface area (Å²) >= 11 is 14.3. The number of nitriles is 1. The fourth-order valence-electron chi connectivity index (χ4n) is 2.74. The van der Waals surface area contributed by atoms with Gasteiger partial charge in [-0.2, -0.15) is 5.26 Å². The monoisotopic (exact) mass is 582 g/mol. The van der Waals surface area contributed by atoms with E-state index in [2.05, 4.69) is 27.9 Å². The van der Waals surface area contributed by atoms with E-state index >= 15 is 0 Å². The Balaban J connectivity index is 1.78. The third kappa shape index (κ3) is 6.19. The molecule has 9 heteroatoms. The van der Waals surface area contributed by atoms with Gasteiger partial charge in [0, 0.05) is 15.6 Å². The average molecular weight is 583 g/mol. The Kier molecular flexibility index (Phi) is 8.45. The van der Waals surface area contributed by atoms with Crippen LogP contribution in [0.4, 0.5) is 0 Å². The molecule has 0 unspecified atom stereocenters. The molecule has 0 aliphatic carbocycles. The predicted octanol–water partition coefficient (Wildman–Crippen LogP) is 6.00. The van der Waals surface area contributed by atoms with Gasteiger partial charge in [0.1, 0.15) is 24.0 Å². The predicted molar refractivity (Wildman–Crippen MR) is 131 cm³/mol. The summed E-state index contributed by atoms with van der Waals surface area (Å²) in [4.78, 5) is 12.4. The maximum atomic E-state index is 12.4. The molecule has 0 saturated heterocycles. The summed E-state index contributed by atoms with van der Waals surface area (Å²) < 4.78 is 17.3. The summed E-state index contributed by atoms with van der Waals surface area (Å²) in [5.74, 6) is 1.07. The summed E-state index contributed by atoms with van der Waals surface area (Å²) in [6, 6.07) is 14.1. The van der Waals surface area contributed by atoms with Crippen molar-refractivity contribution in [3.05, 3.63) is 84.8 Å². The van der Waals surface area contributed by atoms with Crippen molar-refractivity contribution >= 4 is 57.8 Å². The molecule has 0 fully saturated rings. The maximum Gasteiger partial charge on any atom is 0.262 e. The van der Waals surface area contributed by atoms with Crippen LogP contribution in [0.1, 0.15) is 16.9 Å². The van der Waals surface area contributed by atoms with Crippen molar-refractivity contribution in [1.29, 1.82) is 5.26 Å². The minimum Gasteiger partial charge on any atom is -0.493 e. The Hall–Kier alpha value is -2.67. The van der Waals surface area contributed by atoms with Crippen LogP contribution >= 0.6 is 45.8 Å². The molecule has 6 nitrogen and oxygen atoms in total. The van der Waals surface area contributed by atoms with Gasteiger partial charge in [-0.3, -0.25) is 4.79 Å². The van der Waals surface area contributed by atoms with E-state index in [-0.39, 0.29) is 18.7 Å². The highest BCUT2D eigenvalue weighted by atomic mass is 127. The molecule has 0 atom stereocenters. The molecule has 0 aliphatic heterocycles. The van der Waals surface area contributed by atoms with Crippen molar-refractivity contribution in [2.75, 3.05) is 7.11 Å². The number of ether oxygens (including phenoxy) is 2. The molecule has 0 saturated carbocycles. The SMILES string of the molecule is COc1cc(/C=C(\C#N)C(=O)NCc2ccco2)cc(I)c1OCc1ccc(Cl)cc1Cl. The number of nitrogens with one attached hydrogen (secondary N) is 1. The fraction of sp³-hybridized carbons (Fsp3) is 0.130. The van der Waals surface area contributed by atoms with Crippen LogP contribution in [0.15, 0.2) is 58.7 Å². The van der Waals surface area contributed by atoms with Gasteiger partial charge in [0.05, 0.1) is 23.5 Å². The Morgan fingerprint density at radius 1 is 1.28 bits per heavy atom. The number of furan rings is 1. The number of rotatable bonds is 8. The second-order valence-corrected chi connectivity index (χ2v) is 8.50. The summed E-state index contributed by atoms with van der Waals surface area (Å²) in [6.07, 6.45) is 3.00. The molecular weight excluding hydrogens is 566 g/mol. The van der Waals surface area contributed by atoms with Crippen LogP contribution in [0, 0.1) is 14.9 Å². The molecule has 0 aliphatic rings. The van der Waals surface area contributed by atoms with Gasteiger partial charge in [-0.25, -0.2) is 0 Å². The Morgan fingerprint density at radius 3 is 2.75 bits per heavy atom. The van der Waals surface area contributed by atoms with Gasteiger partial charge in [-0.15, -0.1) is 0 Å². The van der Waals surface area contributed by atoms with E-state index in [1.165, 1.54) is 19.4 Å². The molecule has 0 bridgehead atoms. The van der Waals surface area contributed by atoms with E-state index < -0.39 is 5.91 Å². The fourth-order valence-corrected chi connectivity index (χ4v) is 3.99. The highest BCUT2D eigenvalue weighted by Crippen LogP contribution is 2.35. The standard InChI is InChI=1S/C23H17Cl2IN2O4/c1-30-21-9-14(7-16(11-27)23(29)28-12-18-3-2-6-31-18)8-20(26)22(21)32-13-15-4-5-17(24)10-19(15)25/h2-10H,12-13H2,1H3,(H,28,29)/b16-7+. The van der Waals surface area contributed by atoms with E-state index in [1.807, 2.05) is 6.07 Å². The summed E-state index contributed by atoms with van der Waals surface area (Å²) in [7, 11) is 1.52. The number of carbonyl (C=O) groups is 1. The molecule has 1 heterocycles. The first-order chi connectivity index (χ1) is 15.4. The third-order valence-electron chi connectivity index (χ3n) is 4.32. The number of hydrogen-bond acceptors (Lipinski definition) is 5. The smallest absolute Gasteiger partial charge is 0.262 e. The normalized spacial score (nSPS) is 11.0. The molecule has 3 rings (SSSR count). The number of methoxy groups -OCH3 is 1. The van der Waals surface area contributed by atoms with E-state index in [0.29, 0.717) is 32.9 Å². The van der Waals surface area contributed by atoms with Crippen molar-refractivity contribution in [1.82, 2.24) is 5.32 Å². The first-order valence-corrected chi connectivity index (χ1v) is 11.1. The second-order valence-electron chi connectivity index (χ2n) is 6.49. The quantitative estimate of drug-likeness (QED) is 0.200. The molecule has 1 N–H and O–H groups in total. The molecule has 2 aromatic carbocycles. The summed E-state index contributed by atoms with van der Waals surface area (Å²) in [5, 5.41) is 13.1. The lowest BCUT2D eigenvalue weighted by atomic mass is 10.1. The number of benzene rings is 2. The lowest BCUT2D eigenvalue weighted by molar-refractivity contribution is -0.117. The lowest BCUT2D eigenvalue weighted by Crippen LogP contribution is -2.23. The van der Waals surface area contributed by atoms with Gasteiger partial charge < -0.3 is 19.2 Å². The van der Waals surface area contributed by atoms with Crippen molar-refractivity contribution < 1.29 is 18.7 Å². The van der Waals surface area contributed by atoms with Gasteiger partial charge in [-0.05, 0) is 70.6 Å². The van der Waals surface area contributed by atoms with Crippen LogP contribution in [-0.2, 0) is 17.9 Å². The highest BCUT2D eigenvalue weighted by molar-refractivity contribution is 14.1. The minimum atomic E-state index is -0.504. The van der Waals surface area contributed by atoms with Crippen molar-refractivity contribution in [3.8, 4) is 17.6 Å². The summed E-state index contributed by atoms with van der Waals surface area (Å²) in [6.45, 7) is 0.405. The van der Waals surface area contributed by atoms with Gasteiger partial charge in [-0.1, -0.05) is 29.3 Å². The molecule has 0 radical (unpaired) electrons. The number of nitrogens with zero attached hydrogens (tertiary/aromatic N) is 1. The van der Waals surface area contributed by atoms with E-state index in [1.54, 1.807) is 42.5 Å². The van der Waals surface area contributed by atoms with Crippen molar-refractivity contribution in [3.63, 3.8) is 0 Å². The average Bonchev–Trinajstić information content (AvgIpc) is 3.29. The zero-order chi connectivity index (χ0) is 23.1. The molecule has 164 valence electrons. The van der Waals surface area contributed by atoms with Gasteiger partial charge in [0.15, 0.2) is 11.5 Å². The van der Waals surface area contributed by atoms with Crippen LogP contribution in [-0.4, -0.2) is 13.0 Å². The van der Waals surface area contributed by atoms with E-state index in [9.17, 15) is 10.1 Å². The summed E-state index contributed by atoms with van der Waals surface area (Å²) in [5.41, 5.74) is 1.35. The van der Waals surface area contributed by atoms with Crippen molar-refractivity contribution in [2.45, 2.75) is 13.2 Å². The number of hydrogen-bond donors (Lipinski definition) is 1. The zero-order valence-electron chi connectivity index (χ0n) is 16.8. The van der Waals surface area contributed by atoms with Gasteiger partial charge >= 0.3 is 0 Å². The highest BCUT2D eigenvalue weighted by Gasteiger charge is 2.15. The van der Waals surface area contributed by atoms with Crippen LogP contribution in [0.5, 0.6) is 11.5 Å². The van der Waals surface area contributed by atoms with E-state index in [4.69, 9.17) is 37.1 Å². The van der Waals surface area contributed by atoms with Crippen molar-refractivity contribution in [2.24, 2.45) is 0 Å². The second kappa shape index (κ2) is 11.3. The number of halogens is 3. The molecule has 3 aromatic rings. The molecule has 1 amide bonds. The lowest BCUT2D eigenvalue weighted by Gasteiger charge is -2.14. The maximum absolute atomic E-state index is 12.4. The topological polar surface area (TPSA) is 84.5 Å². The largest absolute Gasteiger partial charge is 0.493 e. The van der Waals surface area contributed by atoms with Crippen LogP contribution in [0.2, 0.25) is 10.0 Å². The first kappa shape index (κ1) is 24.0. The molecular formula is C23H17Cl2IN2O4. The Bertz CT molecular complexity index is 1190. The van der Waals surface area contributed by atoms with Crippen LogP contribution < -0.4 is 14.8 Å². The zero-order valence-corrected chi connectivity index (χ0v) is 20.5. The molecule has 0 spiro atoms. The Morgan fingerprint density at radius 2 is 2.09 bits per heavy atom. The Labute approximate surface area is 208 Å². The third-order valence-corrected chi connectivity index (χ3v) is 5.71. The number of carbonyl (C=O) groups excluding carboxylic acids is 1. The first-order valence-electron chi connectivity index (χ1n) is 9.28. The number of amides is 1. The van der Waals surface area contributed by atoms with Crippen LogP contribution in [0.25, 0.3) is 6.08 Å². The molecule has 32 heavy (non-hydrogen) atoms. The van der Waals surface area contributed by atoms with Gasteiger partial charge in [0.25, 0.3) is 5.91 Å².